The minimum absolute atomic E-state index is 0.0443. The van der Waals surface area contributed by atoms with Crippen LogP contribution in [0, 0.1) is 5.92 Å². The number of carbonyl (C=O) groups excluding carboxylic acids is 4. The van der Waals surface area contributed by atoms with E-state index in [1.807, 2.05) is 0 Å². The van der Waals surface area contributed by atoms with Gasteiger partial charge in [0.05, 0.1) is 6.04 Å². The molecule has 0 spiro atoms. The number of nitrogens with two attached hydrogens (primary N) is 2. The molecular formula is C30H42N6O7. The molecule has 0 aromatic heterocycles. The van der Waals surface area contributed by atoms with Crippen LogP contribution in [0.15, 0.2) is 53.5 Å². The number of aliphatic hydroxyl groups is 1. The van der Waals surface area contributed by atoms with E-state index in [0.29, 0.717) is 24.7 Å². The van der Waals surface area contributed by atoms with E-state index >= 15 is 0 Å². The van der Waals surface area contributed by atoms with Crippen molar-refractivity contribution in [2.24, 2.45) is 22.4 Å². The van der Waals surface area contributed by atoms with Gasteiger partial charge in [-0.3, -0.25) is 19.4 Å². The minimum Gasteiger partial charge on any atom is -0.508 e. The molecule has 0 saturated heterocycles. The minimum atomic E-state index is -1.48. The molecule has 43 heavy (non-hydrogen) atoms. The molecule has 0 fully saturated rings. The fourth-order valence-electron chi connectivity index (χ4n) is 4.21. The lowest BCUT2D eigenvalue weighted by Gasteiger charge is -2.27. The second-order valence-corrected chi connectivity index (χ2v) is 10.6. The van der Waals surface area contributed by atoms with Gasteiger partial charge in [-0.1, -0.05) is 38.1 Å². The van der Waals surface area contributed by atoms with Crippen LogP contribution in [0.3, 0.4) is 0 Å². The number of aromatic hydroxyl groups is 2. The number of phenols is 2. The highest BCUT2D eigenvalue weighted by Crippen LogP contribution is 2.14. The fourth-order valence-corrected chi connectivity index (χ4v) is 4.21. The Balaban J connectivity index is 2.13. The molecule has 10 N–H and O–H groups in total. The Morgan fingerprint density at radius 2 is 1.42 bits per heavy atom. The van der Waals surface area contributed by atoms with Crippen molar-refractivity contribution in [2.75, 3.05) is 6.54 Å². The number of rotatable bonds is 17. The van der Waals surface area contributed by atoms with E-state index in [-0.39, 0.29) is 49.2 Å². The van der Waals surface area contributed by atoms with Gasteiger partial charge in [0.15, 0.2) is 5.96 Å². The summed E-state index contributed by atoms with van der Waals surface area (Å²) in [6.07, 6.45) is 0.267. The predicted octanol–water partition coefficient (Wildman–Crippen LogP) is -0.00310. The van der Waals surface area contributed by atoms with Gasteiger partial charge in [0.25, 0.3) is 0 Å². The zero-order chi connectivity index (χ0) is 31.9. The number of benzene rings is 2. The zero-order valence-corrected chi connectivity index (χ0v) is 24.4. The van der Waals surface area contributed by atoms with Crippen LogP contribution in [0.2, 0.25) is 0 Å². The average molecular weight is 599 g/mol. The van der Waals surface area contributed by atoms with Crippen molar-refractivity contribution in [2.45, 2.75) is 70.2 Å². The van der Waals surface area contributed by atoms with Crippen LogP contribution >= 0.6 is 0 Å². The molecule has 13 nitrogen and oxygen atoms in total. The molecule has 0 bridgehead atoms. The molecule has 0 aliphatic carbocycles. The maximum atomic E-state index is 13.5. The molecule has 0 radical (unpaired) electrons. The molecule has 2 aromatic carbocycles. The van der Waals surface area contributed by atoms with Crippen molar-refractivity contribution in [1.29, 1.82) is 0 Å². The monoisotopic (exact) mass is 598 g/mol. The Morgan fingerprint density at radius 3 is 1.95 bits per heavy atom. The maximum absolute atomic E-state index is 13.5. The van der Waals surface area contributed by atoms with Gasteiger partial charge in [0.2, 0.25) is 17.7 Å². The van der Waals surface area contributed by atoms with Crippen molar-refractivity contribution in [3.8, 4) is 11.5 Å². The lowest BCUT2D eigenvalue weighted by Crippen LogP contribution is -2.57. The van der Waals surface area contributed by atoms with Crippen LogP contribution in [0.5, 0.6) is 11.5 Å². The molecule has 3 amide bonds. The predicted molar refractivity (Wildman–Crippen MR) is 161 cm³/mol. The number of amides is 3. The van der Waals surface area contributed by atoms with Gasteiger partial charge in [-0.25, -0.2) is 0 Å². The van der Waals surface area contributed by atoms with Crippen molar-refractivity contribution >= 4 is 30.0 Å². The molecule has 0 unspecified atom stereocenters. The molecule has 0 saturated carbocycles. The van der Waals surface area contributed by atoms with Gasteiger partial charge in [-0.2, -0.15) is 0 Å². The number of carbonyl (C=O) groups is 4. The highest BCUT2D eigenvalue weighted by atomic mass is 16.3. The van der Waals surface area contributed by atoms with Crippen molar-refractivity contribution < 1.29 is 34.5 Å². The number of hydrogen-bond donors (Lipinski definition) is 8. The van der Waals surface area contributed by atoms with Crippen molar-refractivity contribution in [1.82, 2.24) is 16.0 Å². The van der Waals surface area contributed by atoms with Crippen LogP contribution in [0.25, 0.3) is 0 Å². The van der Waals surface area contributed by atoms with Gasteiger partial charge in [0.1, 0.15) is 36.0 Å². The molecular weight excluding hydrogens is 556 g/mol. The van der Waals surface area contributed by atoms with Crippen LogP contribution in [0.1, 0.15) is 44.2 Å². The number of nitrogens with one attached hydrogen (secondary N) is 3. The third-order valence-corrected chi connectivity index (χ3v) is 6.67. The first-order chi connectivity index (χ1) is 20.4. The topological polar surface area (TPSA) is 229 Å². The summed E-state index contributed by atoms with van der Waals surface area (Å²) in [5, 5.41) is 37.5. The zero-order valence-electron chi connectivity index (χ0n) is 24.4. The summed E-state index contributed by atoms with van der Waals surface area (Å²) in [4.78, 5) is 54.9. The van der Waals surface area contributed by atoms with E-state index in [9.17, 15) is 34.5 Å². The van der Waals surface area contributed by atoms with Gasteiger partial charge in [-0.05, 0) is 67.0 Å². The second-order valence-electron chi connectivity index (χ2n) is 10.6. The number of aliphatic hydroxyl groups excluding tert-OH is 1. The Bertz CT molecular complexity index is 1230. The number of nitrogens with zero attached hydrogens (tertiary/aromatic N) is 1. The maximum Gasteiger partial charge on any atom is 0.249 e. The number of phenolic OH excluding ortho intramolecular Hbond substituents is 2. The van der Waals surface area contributed by atoms with Crippen molar-refractivity contribution in [3.05, 3.63) is 59.7 Å². The van der Waals surface area contributed by atoms with Gasteiger partial charge >= 0.3 is 0 Å². The van der Waals surface area contributed by atoms with Crippen LogP contribution in [-0.2, 0) is 32.0 Å². The largest absolute Gasteiger partial charge is 0.508 e. The summed E-state index contributed by atoms with van der Waals surface area (Å²) < 4.78 is 0. The molecule has 4 atom stereocenters. The molecule has 2 rings (SSSR count). The molecule has 0 heterocycles. The van der Waals surface area contributed by atoms with E-state index in [0.717, 1.165) is 5.56 Å². The van der Waals surface area contributed by atoms with Gasteiger partial charge in [0, 0.05) is 13.0 Å². The van der Waals surface area contributed by atoms with Crippen LogP contribution in [0.4, 0.5) is 0 Å². The Labute approximate surface area is 250 Å². The third-order valence-electron chi connectivity index (χ3n) is 6.67. The van der Waals surface area contributed by atoms with Gasteiger partial charge < -0.3 is 47.5 Å². The summed E-state index contributed by atoms with van der Waals surface area (Å²) in [6, 6.07) is 9.42. The Hall–Kier alpha value is -4.65. The van der Waals surface area contributed by atoms with E-state index in [1.54, 1.807) is 38.1 Å². The molecule has 2 aromatic rings. The first kappa shape index (κ1) is 34.6. The normalized spacial score (nSPS) is 13.7. The summed E-state index contributed by atoms with van der Waals surface area (Å²) in [5.41, 5.74) is 12.0. The lowest BCUT2D eigenvalue weighted by atomic mass is 10.00. The third kappa shape index (κ3) is 12.4. The van der Waals surface area contributed by atoms with E-state index in [1.165, 1.54) is 24.3 Å². The quantitative estimate of drug-likeness (QED) is 0.0529. The lowest BCUT2D eigenvalue weighted by molar-refractivity contribution is -0.136. The van der Waals surface area contributed by atoms with E-state index in [4.69, 9.17) is 11.5 Å². The number of guanidine groups is 1. The van der Waals surface area contributed by atoms with E-state index in [2.05, 4.69) is 20.9 Å². The smallest absolute Gasteiger partial charge is 0.249 e. The Morgan fingerprint density at radius 1 is 0.837 bits per heavy atom. The molecule has 13 heteroatoms. The number of aldehydes is 1. The first-order valence-electron chi connectivity index (χ1n) is 14.0. The summed E-state index contributed by atoms with van der Waals surface area (Å²) >= 11 is 0. The van der Waals surface area contributed by atoms with Gasteiger partial charge in [-0.15, -0.1) is 0 Å². The van der Waals surface area contributed by atoms with E-state index < -0.39 is 42.0 Å². The average Bonchev–Trinajstić information content (AvgIpc) is 2.96. The summed E-state index contributed by atoms with van der Waals surface area (Å²) in [6.45, 7) is 3.74. The second kappa shape index (κ2) is 17.3. The SMILES string of the molecule is CC(C)[C@H](NC(=O)[C@@H](CCc1ccc(O)cc1)NC(=O)[C@H](O)Cc1ccc(O)cc1)C(=O)N[C@H](C=O)CCCN=C(N)N. The number of hydrogen-bond acceptors (Lipinski definition) is 8. The molecule has 0 aliphatic heterocycles. The van der Waals surface area contributed by atoms with Crippen molar-refractivity contribution in [3.63, 3.8) is 0 Å². The van der Waals surface area contributed by atoms with Crippen LogP contribution < -0.4 is 27.4 Å². The number of aryl methyl sites for hydroxylation is 1. The molecule has 0 aliphatic rings. The number of aliphatic imine (C=N–C) groups is 1. The highest BCUT2D eigenvalue weighted by molar-refractivity contribution is 5.93. The summed E-state index contributed by atoms with van der Waals surface area (Å²) in [7, 11) is 0. The standard InChI is InChI=1S/C30H42N6O7/c1-18(2)26(29(43)34-21(17-37)4-3-15-33-30(31)32)36-27(41)24(14-9-19-5-10-22(38)11-6-19)35-28(42)25(40)16-20-7-12-23(39)13-8-20/h5-8,10-13,17-18,21,24-26,38-40H,3-4,9,14-16H2,1-2H3,(H,34,43)(H,35,42)(H,36,41)(H4,31,32,33)/t21-,24+,25+,26-/m0/s1. The fraction of sp³-hybridized carbons (Fsp3) is 0.433. The highest BCUT2D eigenvalue weighted by Gasteiger charge is 2.31. The molecule has 234 valence electrons. The summed E-state index contributed by atoms with van der Waals surface area (Å²) in [5.74, 6) is -2.32. The first-order valence-corrected chi connectivity index (χ1v) is 14.0. The Kier molecular flexibility index (Phi) is 13.9. The van der Waals surface area contributed by atoms with Crippen LogP contribution in [-0.4, -0.2) is 76.1 Å².